The Labute approximate surface area is 142 Å². The molecular weight excluding hydrogens is 358 g/mol. The molecule has 0 unspecified atom stereocenters. The quantitative estimate of drug-likeness (QED) is 0.479. The molecule has 0 fully saturated rings. The molecule has 2 N–H and O–H groups in total. The van der Waals surface area contributed by atoms with E-state index in [1.54, 1.807) is 0 Å². The molecule has 0 atom stereocenters. The normalized spacial score (nSPS) is 10.5. The smallest absolute Gasteiger partial charge is 0.329 e. The van der Waals surface area contributed by atoms with Gasteiger partial charge in [0.15, 0.2) is 0 Å². The van der Waals surface area contributed by atoms with Crippen LogP contribution in [0.2, 0.25) is 0 Å². The van der Waals surface area contributed by atoms with Crippen molar-refractivity contribution >= 4 is 34.0 Å². The Kier molecular flexibility index (Phi) is 6.50. The second kappa shape index (κ2) is 8.85. The van der Waals surface area contributed by atoms with Crippen LogP contribution in [-0.4, -0.2) is 24.6 Å². The minimum absolute atomic E-state index is 0.394. The highest BCUT2D eigenvalue weighted by molar-refractivity contribution is 9.10. The lowest BCUT2D eigenvalue weighted by atomic mass is 10.1. The molecule has 2 aromatic rings. The third kappa shape index (κ3) is 6.04. The van der Waals surface area contributed by atoms with Crippen LogP contribution in [-0.2, 0) is 16.0 Å². The maximum atomic E-state index is 11.6. The Morgan fingerprint density at radius 1 is 1.04 bits per heavy atom. The Bertz CT molecular complexity index is 702. The number of rotatable bonds is 5. The fourth-order valence-corrected chi connectivity index (χ4v) is 2.27. The molecule has 2 rings (SSSR count). The predicted octanol–water partition coefficient (Wildman–Crippen LogP) is 2.26. The van der Waals surface area contributed by atoms with Crippen molar-refractivity contribution in [3.05, 3.63) is 70.2 Å². The van der Waals surface area contributed by atoms with Crippen LogP contribution in [0.3, 0.4) is 0 Å². The molecule has 0 saturated carbocycles. The molecule has 118 valence electrons. The van der Waals surface area contributed by atoms with Crippen molar-refractivity contribution < 1.29 is 9.59 Å². The average Bonchev–Trinajstić information content (AvgIpc) is 2.55. The summed E-state index contributed by atoms with van der Waals surface area (Å²) in [5, 5.41) is 6.32. The number of carbonyl (C=O) groups is 2. The third-order valence-corrected chi connectivity index (χ3v) is 3.47. The summed E-state index contributed by atoms with van der Waals surface area (Å²) in [6.07, 6.45) is 2.14. The fraction of sp³-hybridized carbons (Fsp3) is 0.118. The van der Waals surface area contributed by atoms with E-state index < -0.39 is 11.8 Å². The topological polar surface area (TPSA) is 70.6 Å². The minimum atomic E-state index is -0.788. The molecular formula is C17H16BrN3O2. The van der Waals surface area contributed by atoms with Gasteiger partial charge < -0.3 is 5.32 Å². The first-order chi connectivity index (χ1) is 11.1. The molecule has 0 radical (unpaired) electrons. The lowest BCUT2D eigenvalue weighted by Gasteiger charge is -2.04. The fourth-order valence-electron chi connectivity index (χ4n) is 1.85. The van der Waals surface area contributed by atoms with Crippen molar-refractivity contribution in [2.75, 3.05) is 6.54 Å². The van der Waals surface area contributed by atoms with E-state index in [0.29, 0.717) is 13.0 Å². The van der Waals surface area contributed by atoms with Gasteiger partial charge in [-0.15, -0.1) is 0 Å². The zero-order chi connectivity index (χ0) is 16.5. The van der Waals surface area contributed by atoms with Crippen LogP contribution in [0.5, 0.6) is 0 Å². The highest BCUT2D eigenvalue weighted by Gasteiger charge is 2.11. The van der Waals surface area contributed by atoms with E-state index >= 15 is 0 Å². The second-order valence-electron chi connectivity index (χ2n) is 4.75. The van der Waals surface area contributed by atoms with Gasteiger partial charge in [0.1, 0.15) is 0 Å². The number of benzene rings is 2. The maximum Gasteiger partial charge on any atom is 0.329 e. The van der Waals surface area contributed by atoms with E-state index in [9.17, 15) is 9.59 Å². The molecule has 0 aromatic heterocycles. The average molecular weight is 374 g/mol. The molecule has 0 aliphatic heterocycles. The van der Waals surface area contributed by atoms with Gasteiger partial charge in [0.2, 0.25) is 0 Å². The van der Waals surface area contributed by atoms with E-state index in [2.05, 4.69) is 31.8 Å². The number of halogens is 1. The van der Waals surface area contributed by atoms with Gasteiger partial charge in [0.05, 0.1) is 6.21 Å². The summed E-state index contributed by atoms with van der Waals surface area (Å²) < 4.78 is 0.909. The third-order valence-electron chi connectivity index (χ3n) is 2.98. The number of nitrogens with zero attached hydrogens (tertiary/aromatic N) is 1. The molecule has 2 aromatic carbocycles. The van der Waals surface area contributed by atoms with Gasteiger partial charge in [0, 0.05) is 11.0 Å². The Morgan fingerprint density at radius 2 is 1.83 bits per heavy atom. The Hall–Kier alpha value is -2.47. The number of hydrogen-bond acceptors (Lipinski definition) is 3. The van der Waals surface area contributed by atoms with Gasteiger partial charge in [-0.1, -0.05) is 58.4 Å². The highest BCUT2D eigenvalue weighted by atomic mass is 79.9. The van der Waals surface area contributed by atoms with E-state index in [1.807, 2.05) is 54.6 Å². The van der Waals surface area contributed by atoms with Gasteiger partial charge in [-0.2, -0.15) is 5.10 Å². The molecule has 6 heteroatoms. The Morgan fingerprint density at radius 3 is 2.57 bits per heavy atom. The SMILES string of the molecule is O=C(NCCc1ccccc1)C(=O)N/N=C\c1cccc(Br)c1. The lowest BCUT2D eigenvalue weighted by Crippen LogP contribution is -2.38. The van der Waals surface area contributed by atoms with Crippen molar-refractivity contribution in [1.82, 2.24) is 10.7 Å². The summed E-state index contributed by atoms with van der Waals surface area (Å²) in [4.78, 5) is 23.2. The van der Waals surface area contributed by atoms with Crippen molar-refractivity contribution in [3.63, 3.8) is 0 Å². The van der Waals surface area contributed by atoms with Crippen molar-refractivity contribution in [2.45, 2.75) is 6.42 Å². The van der Waals surface area contributed by atoms with Gasteiger partial charge >= 0.3 is 11.8 Å². The highest BCUT2D eigenvalue weighted by Crippen LogP contribution is 2.09. The monoisotopic (exact) mass is 373 g/mol. The molecule has 0 bridgehead atoms. The molecule has 0 heterocycles. The van der Waals surface area contributed by atoms with Crippen LogP contribution in [0, 0.1) is 0 Å². The lowest BCUT2D eigenvalue weighted by molar-refractivity contribution is -0.139. The first-order valence-electron chi connectivity index (χ1n) is 7.06. The number of carbonyl (C=O) groups excluding carboxylic acids is 2. The van der Waals surface area contributed by atoms with Gasteiger partial charge in [-0.3, -0.25) is 9.59 Å². The van der Waals surface area contributed by atoms with E-state index in [1.165, 1.54) is 6.21 Å². The van der Waals surface area contributed by atoms with Gasteiger partial charge in [0.25, 0.3) is 0 Å². The van der Waals surface area contributed by atoms with Crippen LogP contribution in [0.4, 0.5) is 0 Å². The first kappa shape index (κ1) is 16.9. The number of hydrogen-bond donors (Lipinski definition) is 2. The predicted molar refractivity (Wildman–Crippen MR) is 93.0 cm³/mol. The largest absolute Gasteiger partial charge is 0.347 e. The minimum Gasteiger partial charge on any atom is -0.347 e. The summed E-state index contributed by atoms with van der Waals surface area (Å²) in [6.45, 7) is 0.394. The molecule has 23 heavy (non-hydrogen) atoms. The van der Waals surface area contributed by atoms with Crippen molar-refractivity contribution in [3.8, 4) is 0 Å². The van der Waals surface area contributed by atoms with Crippen LogP contribution in [0.1, 0.15) is 11.1 Å². The summed E-state index contributed by atoms with van der Waals surface area (Å²) in [5.74, 6) is -1.49. The zero-order valence-electron chi connectivity index (χ0n) is 12.3. The van der Waals surface area contributed by atoms with Crippen molar-refractivity contribution in [2.24, 2.45) is 5.10 Å². The van der Waals surface area contributed by atoms with Crippen LogP contribution < -0.4 is 10.7 Å². The van der Waals surface area contributed by atoms with Gasteiger partial charge in [-0.05, 0) is 29.7 Å². The second-order valence-corrected chi connectivity index (χ2v) is 5.66. The first-order valence-corrected chi connectivity index (χ1v) is 7.85. The molecule has 0 spiro atoms. The van der Waals surface area contributed by atoms with E-state index in [-0.39, 0.29) is 0 Å². The molecule has 2 amide bonds. The zero-order valence-corrected chi connectivity index (χ0v) is 13.9. The molecule has 0 aliphatic carbocycles. The Balaban J connectivity index is 1.73. The van der Waals surface area contributed by atoms with E-state index in [4.69, 9.17) is 0 Å². The standard InChI is InChI=1S/C17H16BrN3O2/c18-15-8-4-7-14(11-15)12-20-21-17(23)16(22)19-10-9-13-5-2-1-3-6-13/h1-8,11-12H,9-10H2,(H,19,22)(H,21,23)/b20-12-. The summed E-state index contributed by atoms with van der Waals surface area (Å²) in [6, 6.07) is 17.1. The number of amides is 2. The summed E-state index contributed by atoms with van der Waals surface area (Å²) >= 11 is 3.34. The van der Waals surface area contributed by atoms with E-state index in [0.717, 1.165) is 15.6 Å². The van der Waals surface area contributed by atoms with Crippen LogP contribution >= 0.6 is 15.9 Å². The molecule has 0 aliphatic rings. The summed E-state index contributed by atoms with van der Waals surface area (Å²) in [7, 11) is 0. The maximum absolute atomic E-state index is 11.6. The number of nitrogens with one attached hydrogen (secondary N) is 2. The van der Waals surface area contributed by atoms with Crippen LogP contribution in [0.15, 0.2) is 64.2 Å². The molecule has 0 saturated heterocycles. The summed E-state index contributed by atoms with van der Waals surface area (Å²) in [5.41, 5.74) is 4.11. The molecule has 5 nitrogen and oxygen atoms in total. The van der Waals surface area contributed by atoms with Crippen molar-refractivity contribution in [1.29, 1.82) is 0 Å². The van der Waals surface area contributed by atoms with Crippen LogP contribution in [0.25, 0.3) is 0 Å². The number of hydrazone groups is 1. The van der Waals surface area contributed by atoms with Gasteiger partial charge in [-0.25, -0.2) is 5.43 Å².